The van der Waals surface area contributed by atoms with Crippen LogP contribution in [-0.2, 0) is 12.6 Å². The SMILES string of the molecule is Nc1ccccc1CCOc1ncccc1C(F)(F)F. The molecule has 6 heteroatoms. The van der Waals surface area contributed by atoms with Crippen LogP contribution in [-0.4, -0.2) is 11.6 Å². The molecule has 0 saturated heterocycles. The first kappa shape index (κ1) is 14.2. The van der Waals surface area contributed by atoms with Crippen LogP contribution in [0.15, 0.2) is 42.6 Å². The lowest BCUT2D eigenvalue weighted by Crippen LogP contribution is -2.11. The number of anilines is 1. The minimum atomic E-state index is -4.48. The van der Waals surface area contributed by atoms with Gasteiger partial charge in [0.25, 0.3) is 0 Å². The third kappa shape index (κ3) is 3.40. The highest BCUT2D eigenvalue weighted by Gasteiger charge is 2.34. The van der Waals surface area contributed by atoms with Crippen molar-refractivity contribution in [1.29, 1.82) is 0 Å². The number of ether oxygens (including phenoxy) is 1. The minimum absolute atomic E-state index is 0.0777. The standard InChI is InChI=1S/C14H13F3N2O/c15-14(16,17)11-5-3-8-19-13(11)20-9-7-10-4-1-2-6-12(10)18/h1-6,8H,7,9,18H2. The van der Waals surface area contributed by atoms with Crippen molar-refractivity contribution in [1.82, 2.24) is 4.98 Å². The molecule has 2 N–H and O–H groups in total. The summed E-state index contributed by atoms with van der Waals surface area (Å²) in [6.45, 7) is 0.0777. The zero-order valence-corrected chi connectivity index (χ0v) is 10.5. The molecule has 1 heterocycles. The van der Waals surface area contributed by atoms with Crippen LogP contribution in [0.3, 0.4) is 0 Å². The van der Waals surface area contributed by atoms with E-state index in [1.165, 1.54) is 12.3 Å². The van der Waals surface area contributed by atoms with Gasteiger partial charge in [0.15, 0.2) is 0 Å². The predicted molar refractivity (Wildman–Crippen MR) is 69.3 cm³/mol. The Morgan fingerprint density at radius 2 is 1.85 bits per heavy atom. The molecule has 0 bridgehead atoms. The molecule has 106 valence electrons. The summed E-state index contributed by atoms with van der Waals surface area (Å²) >= 11 is 0. The largest absolute Gasteiger partial charge is 0.477 e. The van der Waals surface area contributed by atoms with Gasteiger partial charge in [-0.05, 0) is 23.8 Å². The van der Waals surface area contributed by atoms with E-state index >= 15 is 0 Å². The Hall–Kier alpha value is -2.24. The van der Waals surface area contributed by atoms with E-state index in [0.717, 1.165) is 11.6 Å². The summed E-state index contributed by atoms with van der Waals surface area (Å²) in [5.74, 6) is -0.408. The zero-order chi connectivity index (χ0) is 14.6. The van der Waals surface area contributed by atoms with E-state index < -0.39 is 17.6 Å². The first-order chi connectivity index (χ1) is 9.48. The van der Waals surface area contributed by atoms with Gasteiger partial charge in [0.2, 0.25) is 5.88 Å². The minimum Gasteiger partial charge on any atom is -0.477 e. The van der Waals surface area contributed by atoms with E-state index in [2.05, 4.69) is 4.98 Å². The smallest absolute Gasteiger partial charge is 0.421 e. The molecule has 0 saturated carbocycles. The van der Waals surface area contributed by atoms with Crippen molar-refractivity contribution >= 4 is 5.69 Å². The second kappa shape index (κ2) is 5.81. The number of benzene rings is 1. The van der Waals surface area contributed by atoms with Crippen molar-refractivity contribution in [2.45, 2.75) is 12.6 Å². The number of hydrogen-bond donors (Lipinski definition) is 1. The lowest BCUT2D eigenvalue weighted by Gasteiger charge is -2.12. The molecule has 0 amide bonds. The van der Waals surface area contributed by atoms with Gasteiger partial charge in [-0.15, -0.1) is 0 Å². The topological polar surface area (TPSA) is 48.1 Å². The van der Waals surface area contributed by atoms with Crippen LogP contribution in [0, 0.1) is 0 Å². The Labute approximate surface area is 114 Å². The van der Waals surface area contributed by atoms with Crippen LogP contribution in [0.4, 0.5) is 18.9 Å². The van der Waals surface area contributed by atoms with E-state index in [1.54, 1.807) is 12.1 Å². The summed E-state index contributed by atoms with van der Waals surface area (Å²) in [6, 6.07) is 9.32. The molecule has 0 aliphatic rings. The molecule has 2 rings (SSSR count). The summed E-state index contributed by atoms with van der Waals surface area (Å²) in [7, 11) is 0. The molecular formula is C14H13F3N2O. The van der Waals surface area contributed by atoms with Crippen LogP contribution in [0.2, 0.25) is 0 Å². The van der Waals surface area contributed by atoms with Crippen molar-refractivity contribution in [2.75, 3.05) is 12.3 Å². The van der Waals surface area contributed by atoms with Gasteiger partial charge in [-0.2, -0.15) is 13.2 Å². The van der Waals surface area contributed by atoms with Crippen LogP contribution in [0.1, 0.15) is 11.1 Å². The number of alkyl halides is 3. The molecule has 0 atom stereocenters. The summed E-state index contributed by atoms with van der Waals surface area (Å²) in [4.78, 5) is 3.63. The van der Waals surface area contributed by atoms with Crippen molar-refractivity contribution in [3.05, 3.63) is 53.7 Å². The molecule has 3 nitrogen and oxygen atoms in total. The average molecular weight is 282 g/mol. The molecule has 0 spiro atoms. The number of rotatable bonds is 4. The molecule has 1 aromatic heterocycles. The van der Waals surface area contributed by atoms with E-state index in [-0.39, 0.29) is 6.61 Å². The molecule has 2 aromatic rings. The van der Waals surface area contributed by atoms with Crippen LogP contribution < -0.4 is 10.5 Å². The molecule has 0 radical (unpaired) electrons. The second-order valence-electron chi connectivity index (χ2n) is 4.15. The van der Waals surface area contributed by atoms with Gasteiger partial charge in [0.05, 0.1) is 6.61 Å². The maximum Gasteiger partial charge on any atom is 0.421 e. The number of nitrogens with zero attached hydrogens (tertiary/aromatic N) is 1. The third-order valence-electron chi connectivity index (χ3n) is 2.74. The predicted octanol–water partition coefficient (Wildman–Crippen LogP) is 3.30. The normalized spacial score (nSPS) is 11.3. The van der Waals surface area contributed by atoms with Gasteiger partial charge < -0.3 is 10.5 Å². The maximum atomic E-state index is 12.7. The van der Waals surface area contributed by atoms with E-state index in [9.17, 15) is 13.2 Å². The van der Waals surface area contributed by atoms with E-state index in [0.29, 0.717) is 12.1 Å². The van der Waals surface area contributed by atoms with E-state index in [1.807, 2.05) is 12.1 Å². The van der Waals surface area contributed by atoms with E-state index in [4.69, 9.17) is 10.5 Å². The number of nitrogens with two attached hydrogens (primary N) is 1. The Morgan fingerprint density at radius 3 is 2.55 bits per heavy atom. The number of nitrogen functional groups attached to an aromatic ring is 1. The van der Waals surface area contributed by atoms with Crippen LogP contribution in [0.5, 0.6) is 5.88 Å². The number of halogens is 3. The summed E-state index contributed by atoms with van der Waals surface area (Å²) in [5.41, 5.74) is 6.30. The number of para-hydroxylation sites is 1. The fraction of sp³-hybridized carbons (Fsp3) is 0.214. The van der Waals surface area contributed by atoms with Crippen molar-refractivity contribution in [3.63, 3.8) is 0 Å². The summed E-state index contributed by atoms with van der Waals surface area (Å²) in [6.07, 6.45) is -2.79. The molecule has 0 aliphatic carbocycles. The Kier molecular flexibility index (Phi) is 4.12. The molecular weight excluding hydrogens is 269 g/mol. The highest BCUT2D eigenvalue weighted by atomic mass is 19.4. The number of aromatic nitrogens is 1. The quantitative estimate of drug-likeness (QED) is 0.875. The average Bonchev–Trinajstić information content (AvgIpc) is 2.40. The zero-order valence-electron chi connectivity index (χ0n) is 10.5. The summed E-state index contributed by atoms with van der Waals surface area (Å²) < 4.78 is 43.3. The number of hydrogen-bond acceptors (Lipinski definition) is 3. The lowest BCUT2D eigenvalue weighted by atomic mass is 10.1. The monoisotopic (exact) mass is 282 g/mol. The van der Waals surface area contributed by atoms with Crippen molar-refractivity contribution in [3.8, 4) is 5.88 Å². The van der Waals surface area contributed by atoms with Gasteiger partial charge in [-0.1, -0.05) is 18.2 Å². The van der Waals surface area contributed by atoms with Crippen LogP contribution >= 0.6 is 0 Å². The molecule has 1 aromatic carbocycles. The molecule has 0 unspecified atom stereocenters. The molecule has 0 aliphatic heterocycles. The lowest BCUT2D eigenvalue weighted by molar-refractivity contribution is -0.139. The first-order valence-electron chi connectivity index (χ1n) is 5.97. The van der Waals surface area contributed by atoms with Crippen LogP contribution in [0.25, 0.3) is 0 Å². The highest BCUT2D eigenvalue weighted by Crippen LogP contribution is 2.34. The van der Waals surface area contributed by atoms with Crippen molar-refractivity contribution in [2.24, 2.45) is 0 Å². The molecule has 0 fully saturated rings. The second-order valence-corrected chi connectivity index (χ2v) is 4.15. The highest BCUT2D eigenvalue weighted by molar-refractivity contribution is 5.46. The Bertz CT molecular complexity index is 585. The first-order valence-corrected chi connectivity index (χ1v) is 5.97. The fourth-order valence-corrected chi connectivity index (χ4v) is 1.74. The third-order valence-corrected chi connectivity index (χ3v) is 2.74. The Morgan fingerprint density at radius 1 is 1.10 bits per heavy atom. The Balaban J connectivity index is 2.04. The summed E-state index contributed by atoms with van der Waals surface area (Å²) in [5, 5.41) is 0. The fourth-order valence-electron chi connectivity index (χ4n) is 1.74. The maximum absolute atomic E-state index is 12.7. The van der Waals surface area contributed by atoms with Gasteiger partial charge in [-0.25, -0.2) is 4.98 Å². The molecule has 20 heavy (non-hydrogen) atoms. The number of pyridine rings is 1. The van der Waals surface area contributed by atoms with Gasteiger partial charge in [0.1, 0.15) is 5.56 Å². The van der Waals surface area contributed by atoms with Crippen molar-refractivity contribution < 1.29 is 17.9 Å². The van der Waals surface area contributed by atoms with Gasteiger partial charge >= 0.3 is 6.18 Å². The van der Waals surface area contributed by atoms with Gasteiger partial charge in [0, 0.05) is 18.3 Å². The van der Waals surface area contributed by atoms with Gasteiger partial charge in [-0.3, -0.25) is 0 Å².